The lowest BCUT2D eigenvalue weighted by molar-refractivity contribution is -0.116. The minimum absolute atomic E-state index is 0.0389. The van der Waals surface area contributed by atoms with Crippen molar-refractivity contribution < 1.29 is 4.79 Å². The fourth-order valence-electron chi connectivity index (χ4n) is 3.34. The number of hydrogen-bond donors (Lipinski definition) is 1. The van der Waals surface area contributed by atoms with E-state index in [1.54, 1.807) is 6.07 Å². The van der Waals surface area contributed by atoms with Crippen LogP contribution in [0, 0.1) is 13.8 Å². The van der Waals surface area contributed by atoms with Gasteiger partial charge in [0, 0.05) is 18.1 Å². The van der Waals surface area contributed by atoms with Gasteiger partial charge in [-0.3, -0.25) is 18.7 Å². The van der Waals surface area contributed by atoms with Crippen LogP contribution in [0.5, 0.6) is 0 Å². The number of fused-ring (bicyclic) bond motifs is 1. The maximum Gasteiger partial charge on any atom is 0.333 e. The highest BCUT2D eigenvalue weighted by Crippen LogP contribution is 2.14. The fraction of sp³-hybridized carbons (Fsp3) is 0.174. The minimum atomic E-state index is -0.614. The number of hydrogen-bond acceptors (Lipinski definition) is 5. The molecule has 0 spiro atoms. The number of carbonyl (C=O) groups is 1. The molecule has 4 rings (SSSR count). The largest absolute Gasteiger partial charge is 0.333 e. The Balaban J connectivity index is 1.74. The predicted octanol–water partition coefficient (Wildman–Crippen LogP) is 2.26. The molecule has 0 fully saturated rings. The molecule has 8 heteroatoms. The SMILES string of the molecule is Cc1ccc(NC(=O)Cn2c(=O)n(Cc3ccccc3)c(=O)c3nccnc32)cc1C. The molecule has 0 saturated heterocycles. The Hall–Kier alpha value is -4.07. The molecule has 2 aromatic heterocycles. The van der Waals surface area contributed by atoms with Crippen molar-refractivity contribution in [3.8, 4) is 0 Å². The smallest absolute Gasteiger partial charge is 0.325 e. The van der Waals surface area contributed by atoms with E-state index in [0.717, 1.165) is 21.3 Å². The van der Waals surface area contributed by atoms with E-state index in [2.05, 4.69) is 15.3 Å². The molecule has 31 heavy (non-hydrogen) atoms. The lowest BCUT2D eigenvalue weighted by atomic mass is 10.1. The number of nitrogens with zero attached hydrogens (tertiary/aromatic N) is 4. The molecule has 0 aliphatic rings. The summed E-state index contributed by atoms with van der Waals surface area (Å²) in [5, 5.41) is 2.80. The maximum absolute atomic E-state index is 13.2. The van der Waals surface area contributed by atoms with Crippen LogP contribution in [-0.2, 0) is 17.9 Å². The Bertz CT molecular complexity index is 1390. The van der Waals surface area contributed by atoms with E-state index in [1.807, 2.05) is 56.3 Å². The van der Waals surface area contributed by atoms with Crippen LogP contribution >= 0.6 is 0 Å². The Morgan fingerprint density at radius 2 is 1.68 bits per heavy atom. The molecule has 0 aliphatic heterocycles. The average molecular weight is 415 g/mol. The molecule has 0 bridgehead atoms. The quantitative estimate of drug-likeness (QED) is 0.539. The van der Waals surface area contributed by atoms with Gasteiger partial charge in [-0.05, 0) is 42.7 Å². The summed E-state index contributed by atoms with van der Waals surface area (Å²) in [6.07, 6.45) is 2.78. The molecule has 1 amide bonds. The van der Waals surface area contributed by atoms with E-state index in [4.69, 9.17) is 0 Å². The number of amides is 1. The highest BCUT2D eigenvalue weighted by molar-refractivity contribution is 5.91. The molecular formula is C23H21N5O3. The monoisotopic (exact) mass is 415 g/mol. The molecular weight excluding hydrogens is 394 g/mol. The van der Waals surface area contributed by atoms with E-state index >= 15 is 0 Å². The van der Waals surface area contributed by atoms with Crippen molar-refractivity contribution in [2.75, 3.05) is 5.32 Å². The topological polar surface area (TPSA) is 98.9 Å². The van der Waals surface area contributed by atoms with Crippen LogP contribution in [0.4, 0.5) is 5.69 Å². The zero-order valence-electron chi connectivity index (χ0n) is 17.2. The second-order valence-electron chi connectivity index (χ2n) is 7.32. The predicted molar refractivity (Wildman–Crippen MR) is 118 cm³/mol. The molecule has 8 nitrogen and oxygen atoms in total. The third-order valence-electron chi connectivity index (χ3n) is 5.12. The third kappa shape index (κ3) is 4.13. The van der Waals surface area contributed by atoms with Crippen LogP contribution in [0.25, 0.3) is 11.2 Å². The minimum Gasteiger partial charge on any atom is -0.325 e. The molecule has 2 aromatic carbocycles. The van der Waals surface area contributed by atoms with E-state index in [1.165, 1.54) is 17.0 Å². The van der Waals surface area contributed by atoms with Crippen molar-refractivity contribution in [2.24, 2.45) is 0 Å². The second-order valence-corrected chi connectivity index (χ2v) is 7.32. The summed E-state index contributed by atoms with van der Waals surface area (Å²) in [4.78, 5) is 47.0. The van der Waals surface area contributed by atoms with Crippen molar-refractivity contribution in [3.63, 3.8) is 0 Å². The molecule has 1 N–H and O–H groups in total. The highest BCUT2D eigenvalue weighted by atomic mass is 16.2. The number of carbonyl (C=O) groups excluding carboxylic acids is 1. The van der Waals surface area contributed by atoms with Crippen LogP contribution < -0.4 is 16.6 Å². The second kappa shape index (κ2) is 8.35. The molecule has 156 valence electrons. The molecule has 0 aliphatic carbocycles. The van der Waals surface area contributed by atoms with Crippen LogP contribution in [0.1, 0.15) is 16.7 Å². The first-order valence-electron chi connectivity index (χ1n) is 9.79. The lowest BCUT2D eigenvalue weighted by Gasteiger charge is -2.13. The summed E-state index contributed by atoms with van der Waals surface area (Å²) < 4.78 is 2.26. The van der Waals surface area contributed by atoms with Gasteiger partial charge in [0.1, 0.15) is 6.54 Å². The van der Waals surface area contributed by atoms with E-state index in [0.29, 0.717) is 5.69 Å². The van der Waals surface area contributed by atoms with Gasteiger partial charge < -0.3 is 5.32 Å². The van der Waals surface area contributed by atoms with Gasteiger partial charge in [0.15, 0.2) is 11.2 Å². The summed E-state index contributed by atoms with van der Waals surface area (Å²) in [5.74, 6) is -0.401. The molecule has 0 radical (unpaired) electrons. The van der Waals surface area contributed by atoms with Gasteiger partial charge >= 0.3 is 5.69 Å². The maximum atomic E-state index is 13.2. The fourth-order valence-corrected chi connectivity index (χ4v) is 3.34. The van der Waals surface area contributed by atoms with Crippen molar-refractivity contribution in [2.45, 2.75) is 26.9 Å². The molecule has 0 unspecified atom stereocenters. The molecule has 0 saturated carbocycles. The number of rotatable bonds is 5. The summed E-state index contributed by atoms with van der Waals surface area (Å²) in [6, 6.07) is 14.7. The first-order chi connectivity index (χ1) is 14.9. The first kappa shape index (κ1) is 20.2. The van der Waals surface area contributed by atoms with Gasteiger partial charge in [0.05, 0.1) is 6.54 Å². The Labute approximate surface area is 177 Å². The van der Waals surface area contributed by atoms with E-state index < -0.39 is 17.2 Å². The summed E-state index contributed by atoms with van der Waals surface area (Å²) in [6.45, 7) is 3.72. The van der Waals surface area contributed by atoms with Gasteiger partial charge in [-0.15, -0.1) is 0 Å². The van der Waals surface area contributed by atoms with Gasteiger partial charge in [-0.2, -0.15) is 0 Å². The standard InChI is InChI=1S/C23H21N5O3/c1-15-8-9-18(12-16(15)2)26-19(29)14-27-21-20(24-10-11-25-21)22(30)28(23(27)31)13-17-6-4-3-5-7-17/h3-12H,13-14H2,1-2H3,(H,26,29). The normalized spacial score (nSPS) is 10.9. The summed E-state index contributed by atoms with van der Waals surface area (Å²) in [5.41, 5.74) is 2.55. The zero-order valence-corrected chi connectivity index (χ0v) is 17.2. The van der Waals surface area contributed by atoms with Gasteiger partial charge in [0.2, 0.25) is 5.91 Å². The van der Waals surface area contributed by atoms with Crippen LogP contribution in [0.15, 0.2) is 70.5 Å². The van der Waals surface area contributed by atoms with Crippen LogP contribution in [0.3, 0.4) is 0 Å². The number of benzene rings is 2. The summed E-state index contributed by atoms with van der Waals surface area (Å²) >= 11 is 0. The van der Waals surface area contributed by atoms with Crippen molar-refractivity contribution >= 4 is 22.8 Å². The number of nitrogens with one attached hydrogen (secondary N) is 1. The van der Waals surface area contributed by atoms with E-state index in [9.17, 15) is 14.4 Å². The first-order valence-corrected chi connectivity index (χ1v) is 9.79. The Kier molecular flexibility index (Phi) is 5.44. The van der Waals surface area contributed by atoms with E-state index in [-0.39, 0.29) is 24.3 Å². The number of aryl methyl sites for hydroxylation is 2. The van der Waals surface area contributed by atoms with Gasteiger partial charge in [-0.1, -0.05) is 36.4 Å². The van der Waals surface area contributed by atoms with Crippen LogP contribution in [-0.4, -0.2) is 25.0 Å². The molecule has 4 aromatic rings. The lowest BCUT2D eigenvalue weighted by Crippen LogP contribution is -2.42. The third-order valence-corrected chi connectivity index (χ3v) is 5.12. The molecule has 2 heterocycles. The number of aromatic nitrogens is 4. The van der Waals surface area contributed by atoms with Crippen molar-refractivity contribution in [1.29, 1.82) is 0 Å². The average Bonchev–Trinajstić information content (AvgIpc) is 2.77. The Morgan fingerprint density at radius 3 is 2.42 bits per heavy atom. The number of anilines is 1. The Morgan fingerprint density at radius 1 is 0.935 bits per heavy atom. The molecule has 0 atom stereocenters. The van der Waals surface area contributed by atoms with Crippen LogP contribution in [0.2, 0.25) is 0 Å². The van der Waals surface area contributed by atoms with Crippen molar-refractivity contribution in [3.05, 3.63) is 98.5 Å². The zero-order chi connectivity index (χ0) is 22.0. The summed E-state index contributed by atoms with van der Waals surface area (Å²) in [7, 11) is 0. The highest BCUT2D eigenvalue weighted by Gasteiger charge is 2.17. The van der Waals surface area contributed by atoms with Gasteiger partial charge in [-0.25, -0.2) is 14.8 Å². The van der Waals surface area contributed by atoms with Gasteiger partial charge in [0.25, 0.3) is 5.56 Å². The van der Waals surface area contributed by atoms with Crippen molar-refractivity contribution in [1.82, 2.24) is 19.1 Å².